The van der Waals surface area contributed by atoms with Crippen LogP contribution in [0.4, 0.5) is 5.69 Å². The standard InChI is InChI=1S/C21H25N3O2S.C2H2O4/c25-14-16-26-15-13-23-9-11-24(12-10-23)21-17-5-1-3-7-19(17)27-20-8-4-2-6-18(20)22-21;3-1(4)2(5)6/h1-8,25H,9-16H2;(H,3,4)(H,5,6)/p-2. The third kappa shape index (κ3) is 7.03. The van der Waals surface area contributed by atoms with Crippen molar-refractivity contribution in [1.29, 1.82) is 0 Å². The lowest BCUT2D eigenvalue weighted by molar-refractivity contribution is -0.345. The number of nitrogens with zero attached hydrogens (tertiary/aromatic N) is 3. The number of aliphatic carboxylic acids is 2. The van der Waals surface area contributed by atoms with Crippen LogP contribution in [-0.4, -0.2) is 85.2 Å². The zero-order valence-corrected chi connectivity index (χ0v) is 18.8. The molecule has 2 aromatic rings. The zero-order chi connectivity index (χ0) is 23.6. The van der Waals surface area contributed by atoms with E-state index < -0.39 is 11.9 Å². The van der Waals surface area contributed by atoms with Gasteiger partial charge in [0, 0.05) is 48.1 Å². The van der Waals surface area contributed by atoms with Crippen LogP contribution in [0, 0.1) is 0 Å². The van der Waals surface area contributed by atoms with E-state index in [1.54, 1.807) is 11.8 Å². The van der Waals surface area contributed by atoms with E-state index in [2.05, 4.69) is 58.3 Å². The molecule has 0 aromatic heterocycles. The lowest BCUT2D eigenvalue weighted by atomic mass is 10.1. The summed E-state index contributed by atoms with van der Waals surface area (Å²) in [6.07, 6.45) is 0. The summed E-state index contributed by atoms with van der Waals surface area (Å²) in [7, 11) is 0. The Morgan fingerprint density at radius 2 is 1.58 bits per heavy atom. The number of fused-ring (bicyclic) bond motifs is 2. The number of hydrogen-bond acceptors (Lipinski definition) is 10. The van der Waals surface area contributed by atoms with Crippen LogP contribution in [-0.2, 0) is 14.3 Å². The molecular weight excluding hydrogens is 446 g/mol. The third-order valence-electron chi connectivity index (χ3n) is 5.07. The van der Waals surface area contributed by atoms with E-state index in [1.807, 2.05) is 0 Å². The van der Waals surface area contributed by atoms with E-state index in [0.29, 0.717) is 13.2 Å². The molecule has 2 aliphatic rings. The predicted molar refractivity (Wildman–Crippen MR) is 119 cm³/mol. The number of aliphatic hydroxyl groups excluding tert-OH is 1. The summed E-state index contributed by atoms with van der Waals surface area (Å²) in [5, 5.41) is 26.6. The van der Waals surface area contributed by atoms with Crippen LogP contribution in [0.1, 0.15) is 5.56 Å². The van der Waals surface area contributed by atoms with E-state index >= 15 is 0 Å². The first-order valence-electron chi connectivity index (χ1n) is 10.5. The fourth-order valence-corrected chi connectivity index (χ4v) is 4.47. The van der Waals surface area contributed by atoms with Crippen molar-refractivity contribution < 1.29 is 29.6 Å². The second-order valence-corrected chi connectivity index (χ2v) is 8.32. The van der Waals surface area contributed by atoms with E-state index in [4.69, 9.17) is 34.6 Å². The van der Waals surface area contributed by atoms with Gasteiger partial charge in [0.05, 0.1) is 37.4 Å². The van der Waals surface area contributed by atoms with Gasteiger partial charge in [-0.1, -0.05) is 42.1 Å². The Morgan fingerprint density at radius 1 is 0.939 bits per heavy atom. The molecule has 2 aromatic carbocycles. The fourth-order valence-electron chi connectivity index (χ4n) is 3.45. The molecular formula is C23H25N3O6S-2. The number of piperazine rings is 1. The summed E-state index contributed by atoms with van der Waals surface area (Å²) in [6.45, 7) is 6.01. The Balaban J connectivity index is 0.000000454. The average molecular weight is 472 g/mol. The zero-order valence-electron chi connectivity index (χ0n) is 18.0. The van der Waals surface area contributed by atoms with Crippen molar-refractivity contribution in [2.45, 2.75) is 9.79 Å². The van der Waals surface area contributed by atoms with Crippen LogP contribution in [0.15, 0.2) is 63.3 Å². The molecule has 0 bridgehead atoms. The minimum Gasteiger partial charge on any atom is -0.543 e. The average Bonchev–Trinajstić information content (AvgIpc) is 2.99. The molecule has 1 saturated heterocycles. The highest BCUT2D eigenvalue weighted by molar-refractivity contribution is 7.99. The largest absolute Gasteiger partial charge is 0.543 e. The number of rotatable bonds is 5. The van der Waals surface area contributed by atoms with Crippen LogP contribution in [0.3, 0.4) is 0 Å². The number of carbonyl (C=O) groups is 2. The van der Waals surface area contributed by atoms with E-state index in [-0.39, 0.29) is 6.61 Å². The number of hydrogen-bond donors (Lipinski definition) is 1. The maximum Gasteiger partial charge on any atom is 0.137 e. The lowest BCUT2D eigenvalue weighted by Crippen LogP contribution is -2.49. The van der Waals surface area contributed by atoms with E-state index in [0.717, 1.165) is 44.2 Å². The van der Waals surface area contributed by atoms with Gasteiger partial charge in [0.15, 0.2) is 0 Å². The number of benzene rings is 2. The molecule has 0 unspecified atom stereocenters. The highest BCUT2D eigenvalue weighted by Gasteiger charge is 2.24. The van der Waals surface area contributed by atoms with Gasteiger partial charge in [0.1, 0.15) is 5.84 Å². The lowest BCUT2D eigenvalue weighted by Gasteiger charge is -2.36. The predicted octanol–water partition coefficient (Wildman–Crippen LogP) is -0.658. The van der Waals surface area contributed by atoms with Gasteiger partial charge in [-0.05, 0) is 18.2 Å². The SMILES string of the molecule is O=C([O-])C(=O)[O-].OCCOCCN1CCN(C2=Nc3ccccc3Sc3ccccc32)CC1. The van der Waals surface area contributed by atoms with Crippen LogP contribution in [0.5, 0.6) is 0 Å². The molecule has 2 aliphatic heterocycles. The van der Waals surface area contributed by atoms with Gasteiger partial charge in [-0.25, -0.2) is 4.99 Å². The molecule has 176 valence electrons. The topological polar surface area (TPSA) is 129 Å². The first kappa shape index (κ1) is 24.7. The number of carbonyl (C=O) groups excluding carboxylic acids is 2. The quantitative estimate of drug-likeness (QED) is 0.446. The molecule has 1 fully saturated rings. The van der Waals surface area contributed by atoms with Gasteiger partial charge in [-0.2, -0.15) is 0 Å². The summed E-state index contributed by atoms with van der Waals surface area (Å²) in [6, 6.07) is 16.9. The van der Waals surface area contributed by atoms with Crippen molar-refractivity contribution >= 4 is 35.2 Å². The van der Waals surface area contributed by atoms with Crippen molar-refractivity contribution in [1.82, 2.24) is 9.80 Å². The van der Waals surface area contributed by atoms with Crippen LogP contribution < -0.4 is 10.2 Å². The van der Waals surface area contributed by atoms with E-state index in [9.17, 15) is 0 Å². The first-order valence-corrected chi connectivity index (χ1v) is 11.3. The molecule has 2 heterocycles. The summed E-state index contributed by atoms with van der Waals surface area (Å²) < 4.78 is 5.40. The number of carboxylic acids is 2. The Kier molecular flexibility index (Phi) is 9.25. The molecule has 33 heavy (non-hydrogen) atoms. The number of ether oxygens (including phenoxy) is 1. The molecule has 0 spiro atoms. The van der Waals surface area contributed by atoms with Crippen molar-refractivity contribution in [3.05, 3.63) is 54.1 Å². The van der Waals surface area contributed by atoms with Crippen molar-refractivity contribution in [3.63, 3.8) is 0 Å². The molecule has 1 N–H and O–H groups in total. The number of aliphatic hydroxyl groups is 1. The molecule has 0 saturated carbocycles. The van der Waals surface area contributed by atoms with Crippen molar-refractivity contribution in [3.8, 4) is 0 Å². The number of carboxylic acid groups (broad SMARTS) is 2. The smallest absolute Gasteiger partial charge is 0.137 e. The second-order valence-electron chi connectivity index (χ2n) is 7.24. The van der Waals surface area contributed by atoms with Gasteiger partial charge < -0.3 is 34.5 Å². The molecule has 0 aliphatic carbocycles. The van der Waals surface area contributed by atoms with Crippen LogP contribution in [0.2, 0.25) is 0 Å². The number of para-hydroxylation sites is 1. The molecule has 9 nitrogen and oxygen atoms in total. The second kappa shape index (κ2) is 12.4. The Morgan fingerprint density at radius 3 is 2.24 bits per heavy atom. The Labute approximate surface area is 196 Å². The van der Waals surface area contributed by atoms with Gasteiger partial charge in [-0.15, -0.1) is 0 Å². The molecule has 0 atom stereocenters. The van der Waals surface area contributed by atoms with E-state index in [1.165, 1.54) is 15.4 Å². The highest BCUT2D eigenvalue weighted by Crippen LogP contribution is 2.40. The Bertz CT molecular complexity index is 980. The van der Waals surface area contributed by atoms with Gasteiger partial charge >= 0.3 is 0 Å². The normalized spacial score (nSPS) is 15.3. The maximum atomic E-state index is 8.93. The van der Waals surface area contributed by atoms with Crippen molar-refractivity contribution in [2.24, 2.45) is 4.99 Å². The molecule has 10 heteroatoms. The molecule has 0 amide bonds. The number of amidine groups is 1. The van der Waals surface area contributed by atoms with Gasteiger partial charge in [0.2, 0.25) is 0 Å². The maximum absolute atomic E-state index is 8.93. The first-order chi connectivity index (χ1) is 16.0. The monoisotopic (exact) mass is 471 g/mol. The van der Waals surface area contributed by atoms with Crippen LogP contribution >= 0.6 is 11.8 Å². The van der Waals surface area contributed by atoms with Gasteiger partial charge in [0.25, 0.3) is 0 Å². The summed E-state index contributed by atoms with van der Waals surface area (Å²) >= 11 is 1.80. The Hall–Kier alpha value is -2.92. The minimum absolute atomic E-state index is 0.0898. The third-order valence-corrected chi connectivity index (χ3v) is 6.21. The van der Waals surface area contributed by atoms with Crippen molar-refractivity contribution in [2.75, 3.05) is 52.5 Å². The van der Waals surface area contributed by atoms with Crippen LogP contribution in [0.25, 0.3) is 0 Å². The summed E-state index contributed by atoms with van der Waals surface area (Å²) in [5.74, 6) is -3.29. The summed E-state index contributed by atoms with van der Waals surface area (Å²) in [4.78, 5) is 30.2. The molecule has 0 radical (unpaired) electrons. The number of aliphatic imine (C=N–C) groups is 1. The van der Waals surface area contributed by atoms with Gasteiger partial charge in [-0.3, -0.25) is 4.90 Å². The fraction of sp³-hybridized carbons (Fsp3) is 0.348. The molecule has 4 rings (SSSR count). The summed E-state index contributed by atoms with van der Waals surface area (Å²) in [5.41, 5.74) is 2.27. The minimum atomic E-state index is -2.19. The highest BCUT2D eigenvalue weighted by atomic mass is 32.2.